The van der Waals surface area contributed by atoms with Crippen LogP contribution in [0.2, 0.25) is 5.02 Å². The molecule has 2 rings (SSSR count). The first-order valence-corrected chi connectivity index (χ1v) is 9.11. The number of amides is 1. The molecule has 0 aliphatic rings. The molecule has 0 spiro atoms. The van der Waals surface area contributed by atoms with Gasteiger partial charge in [-0.15, -0.1) is 0 Å². The molecular weight excluding hydrogens is 362 g/mol. The van der Waals surface area contributed by atoms with Gasteiger partial charge in [-0.25, -0.2) is 0 Å². The standard InChI is InChI=1S/C21H24ClN3O2/c1-14-6-7-19(12-20(14)22)25-15(2)10-17(16(25)3)11-18(13-23)21(26)24-8-5-9-27-4/h6-7,10-12H,5,8-9H2,1-4H3,(H,24,26)/b18-11+. The van der Waals surface area contributed by atoms with Crippen LogP contribution in [0.4, 0.5) is 0 Å². The number of nitrogens with one attached hydrogen (secondary N) is 1. The van der Waals surface area contributed by atoms with Crippen molar-refractivity contribution in [3.8, 4) is 11.8 Å². The molecule has 0 bridgehead atoms. The summed E-state index contributed by atoms with van der Waals surface area (Å²) in [6.07, 6.45) is 2.32. The summed E-state index contributed by atoms with van der Waals surface area (Å²) in [5.41, 5.74) is 4.80. The Kier molecular flexibility index (Phi) is 7.23. The summed E-state index contributed by atoms with van der Waals surface area (Å²) >= 11 is 6.26. The van der Waals surface area contributed by atoms with Gasteiger partial charge < -0.3 is 14.6 Å². The quantitative estimate of drug-likeness (QED) is 0.443. The van der Waals surface area contributed by atoms with E-state index in [2.05, 4.69) is 9.88 Å². The second kappa shape index (κ2) is 9.40. The van der Waals surface area contributed by atoms with E-state index in [4.69, 9.17) is 16.3 Å². The van der Waals surface area contributed by atoms with Crippen molar-refractivity contribution in [1.82, 2.24) is 9.88 Å². The molecule has 142 valence electrons. The van der Waals surface area contributed by atoms with Crippen LogP contribution >= 0.6 is 11.6 Å². The number of aryl methyl sites for hydroxylation is 2. The summed E-state index contributed by atoms with van der Waals surface area (Å²) < 4.78 is 7.01. The SMILES string of the molecule is COCCCNC(=O)/C(C#N)=C/c1cc(C)n(-c2ccc(C)c(Cl)c2)c1C. The van der Waals surface area contributed by atoms with E-state index in [0.29, 0.717) is 24.6 Å². The molecule has 6 heteroatoms. The fraction of sp³-hybridized carbons (Fsp3) is 0.333. The van der Waals surface area contributed by atoms with E-state index in [-0.39, 0.29) is 11.5 Å². The Bertz CT molecular complexity index is 907. The predicted molar refractivity (Wildman–Crippen MR) is 108 cm³/mol. The molecule has 1 N–H and O–H groups in total. The van der Waals surface area contributed by atoms with E-state index >= 15 is 0 Å². The summed E-state index contributed by atoms with van der Waals surface area (Å²) in [4.78, 5) is 12.2. The second-order valence-corrected chi connectivity index (χ2v) is 6.77. The Morgan fingerprint density at radius 3 is 2.70 bits per heavy atom. The normalized spacial score (nSPS) is 11.3. The molecule has 0 unspecified atom stereocenters. The van der Waals surface area contributed by atoms with Crippen molar-refractivity contribution in [2.75, 3.05) is 20.3 Å². The van der Waals surface area contributed by atoms with E-state index < -0.39 is 0 Å². The maximum absolute atomic E-state index is 12.2. The largest absolute Gasteiger partial charge is 0.385 e. The third-order valence-corrected chi connectivity index (χ3v) is 4.77. The number of methoxy groups -OCH3 is 1. The Hall–Kier alpha value is -2.55. The number of aromatic nitrogens is 1. The lowest BCUT2D eigenvalue weighted by Crippen LogP contribution is -2.26. The number of carbonyl (C=O) groups is 1. The van der Waals surface area contributed by atoms with Crippen LogP contribution < -0.4 is 5.32 Å². The van der Waals surface area contributed by atoms with Gasteiger partial charge in [-0.05, 0) is 62.6 Å². The average Bonchev–Trinajstić information content (AvgIpc) is 2.92. The summed E-state index contributed by atoms with van der Waals surface area (Å²) in [7, 11) is 1.61. The fourth-order valence-corrected chi connectivity index (χ4v) is 3.04. The molecule has 1 amide bonds. The highest BCUT2D eigenvalue weighted by Crippen LogP contribution is 2.26. The van der Waals surface area contributed by atoms with Crippen LogP contribution in [-0.4, -0.2) is 30.7 Å². The average molecular weight is 386 g/mol. The molecule has 1 aromatic carbocycles. The number of nitrogens with zero attached hydrogens (tertiary/aromatic N) is 2. The van der Waals surface area contributed by atoms with Gasteiger partial charge in [0, 0.05) is 42.4 Å². The molecule has 2 aromatic rings. The summed E-state index contributed by atoms with van der Waals surface area (Å²) in [6, 6.07) is 9.84. The van der Waals surface area contributed by atoms with Crippen molar-refractivity contribution in [2.45, 2.75) is 27.2 Å². The molecule has 1 aromatic heterocycles. The smallest absolute Gasteiger partial charge is 0.261 e. The number of benzene rings is 1. The van der Waals surface area contributed by atoms with E-state index in [1.807, 2.05) is 51.1 Å². The lowest BCUT2D eigenvalue weighted by Gasteiger charge is -2.11. The van der Waals surface area contributed by atoms with E-state index in [1.165, 1.54) is 0 Å². The van der Waals surface area contributed by atoms with Crippen molar-refractivity contribution >= 4 is 23.6 Å². The molecular formula is C21H24ClN3O2. The third-order valence-electron chi connectivity index (χ3n) is 4.36. The fourth-order valence-electron chi connectivity index (χ4n) is 2.87. The molecule has 0 fully saturated rings. The molecule has 0 saturated heterocycles. The van der Waals surface area contributed by atoms with Crippen molar-refractivity contribution in [3.05, 3.63) is 57.4 Å². The highest BCUT2D eigenvalue weighted by atomic mass is 35.5. The van der Waals surface area contributed by atoms with Crippen LogP contribution in [0.5, 0.6) is 0 Å². The molecule has 0 saturated carbocycles. The molecule has 0 atom stereocenters. The van der Waals surface area contributed by atoms with Gasteiger partial charge in [0.25, 0.3) is 5.91 Å². The van der Waals surface area contributed by atoms with E-state index in [9.17, 15) is 10.1 Å². The Balaban J connectivity index is 2.31. The molecule has 0 aliphatic carbocycles. The van der Waals surface area contributed by atoms with Crippen LogP contribution in [0, 0.1) is 32.1 Å². The lowest BCUT2D eigenvalue weighted by molar-refractivity contribution is -0.117. The topological polar surface area (TPSA) is 67.0 Å². The molecule has 0 aliphatic heterocycles. The second-order valence-electron chi connectivity index (χ2n) is 6.37. The minimum Gasteiger partial charge on any atom is -0.385 e. The van der Waals surface area contributed by atoms with Crippen LogP contribution in [0.3, 0.4) is 0 Å². The highest BCUT2D eigenvalue weighted by molar-refractivity contribution is 6.31. The minimum atomic E-state index is -0.378. The Morgan fingerprint density at radius 1 is 1.33 bits per heavy atom. The zero-order valence-electron chi connectivity index (χ0n) is 16.1. The van der Waals surface area contributed by atoms with Crippen molar-refractivity contribution in [1.29, 1.82) is 5.26 Å². The number of ether oxygens (including phenoxy) is 1. The number of halogens is 1. The first-order valence-electron chi connectivity index (χ1n) is 8.73. The number of rotatable bonds is 7. The Labute approximate surface area is 165 Å². The monoisotopic (exact) mass is 385 g/mol. The van der Waals surface area contributed by atoms with Crippen LogP contribution in [0.1, 0.15) is 28.9 Å². The third kappa shape index (κ3) is 5.00. The molecule has 1 heterocycles. The maximum atomic E-state index is 12.2. The minimum absolute atomic E-state index is 0.0783. The van der Waals surface area contributed by atoms with Crippen molar-refractivity contribution in [2.24, 2.45) is 0 Å². The van der Waals surface area contributed by atoms with Gasteiger partial charge in [-0.2, -0.15) is 5.26 Å². The number of nitriles is 1. The zero-order chi connectivity index (χ0) is 20.0. The number of carbonyl (C=O) groups excluding carboxylic acids is 1. The first-order chi connectivity index (χ1) is 12.9. The van der Waals surface area contributed by atoms with Crippen molar-refractivity contribution in [3.63, 3.8) is 0 Å². The van der Waals surface area contributed by atoms with Gasteiger partial charge in [0.05, 0.1) is 0 Å². The van der Waals surface area contributed by atoms with Crippen LogP contribution in [-0.2, 0) is 9.53 Å². The predicted octanol–water partition coefficient (Wildman–Crippen LogP) is 4.12. The zero-order valence-corrected chi connectivity index (χ0v) is 16.9. The van der Waals surface area contributed by atoms with E-state index in [0.717, 1.165) is 28.2 Å². The molecule has 5 nitrogen and oxygen atoms in total. The van der Waals surface area contributed by atoms with E-state index in [1.54, 1.807) is 13.2 Å². The number of hydrogen-bond acceptors (Lipinski definition) is 3. The molecule has 0 radical (unpaired) electrons. The summed E-state index contributed by atoms with van der Waals surface area (Å²) in [5.74, 6) is -0.378. The van der Waals surface area contributed by atoms with Crippen molar-refractivity contribution < 1.29 is 9.53 Å². The summed E-state index contributed by atoms with van der Waals surface area (Å²) in [6.45, 7) is 6.92. The van der Waals surface area contributed by atoms with Gasteiger partial charge in [0.1, 0.15) is 11.6 Å². The summed E-state index contributed by atoms with van der Waals surface area (Å²) in [5, 5.41) is 12.8. The van der Waals surface area contributed by atoms with Gasteiger partial charge in [0.2, 0.25) is 0 Å². The number of hydrogen-bond donors (Lipinski definition) is 1. The van der Waals surface area contributed by atoms with Gasteiger partial charge >= 0.3 is 0 Å². The molecule has 27 heavy (non-hydrogen) atoms. The maximum Gasteiger partial charge on any atom is 0.261 e. The van der Waals surface area contributed by atoms with Gasteiger partial charge in [-0.3, -0.25) is 4.79 Å². The highest BCUT2D eigenvalue weighted by Gasteiger charge is 2.14. The van der Waals surface area contributed by atoms with Crippen LogP contribution in [0.15, 0.2) is 29.8 Å². The first kappa shape index (κ1) is 20.8. The van der Waals surface area contributed by atoms with Crippen LogP contribution in [0.25, 0.3) is 11.8 Å². The Morgan fingerprint density at radius 2 is 2.07 bits per heavy atom. The van der Waals surface area contributed by atoms with Gasteiger partial charge in [0.15, 0.2) is 0 Å². The van der Waals surface area contributed by atoms with Gasteiger partial charge in [-0.1, -0.05) is 17.7 Å². The lowest BCUT2D eigenvalue weighted by atomic mass is 10.1.